The van der Waals surface area contributed by atoms with Gasteiger partial charge in [0.25, 0.3) is 0 Å². The fourth-order valence-electron chi connectivity index (χ4n) is 9.43. The van der Waals surface area contributed by atoms with Gasteiger partial charge in [0.1, 0.15) is 23.4 Å². The Morgan fingerprint density at radius 3 is 2.17 bits per heavy atom. The van der Waals surface area contributed by atoms with Crippen molar-refractivity contribution in [2.24, 2.45) is 34.0 Å². The number of rotatable bonds is 10. The highest BCUT2D eigenvalue weighted by molar-refractivity contribution is 5.85. The van der Waals surface area contributed by atoms with Gasteiger partial charge >= 0.3 is 5.97 Å². The third kappa shape index (κ3) is 6.37. The van der Waals surface area contributed by atoms with Crippen LogP contribution in [-0.2, 0) is 27.4 Å². The van der Waals surface area contributed by atoms with Crippen LogP contribution in [0.3, 0.4) is 0 Å². The van der Waals surface area contributed by atoms with Gasteiger partial charge in [0.15, 0.2) is 0 Å². The zero-order valence-electron chi connectivity index (χ0n) is 28.9. The number of carbonyl (C=O) groups is 2. The fraction of sp³-hybridized carbons (Fsp3) is 0.476. The second-order valence-electron chi connectivity index (χ2n) is 15.3. The van der Waals surface area contributed by atoms with Crippen molar-refractivity contribution in [2.45, 2.75) is 85.1 Å². The number of Topliss-reactive ketones (excluding diaryl/α,β-unsaturated/α-hetero) is 1. The van der Waals surface area contributed by atoms with Crippen LogP contribution in [0.2, 0.25) is 0 Å². The second kappa shape index (κ2) is 13.6. The summed E-state index contributed by atoms with van der Waals surface area (Å²) in [5, 5.41) is 11.9. The molecule has 0 radical (unpaired) electrons. The van der Waals surface area contributed by atoms with Crippen LogP contribution in [-0.4, -0.2) is 40.5 Å². The molecule has 0 aromatic heterocycles. The third-order valence-electron chi connectivity index (χ3n) is 12.5. The molecule has 8 atom stereocenters. The number of esters is 1. The lowest BCUT2D eigenvalue weighted by Gasteiger charge is -2.61. The first-order valence-electron chi connectivity index (χ1n) is 17.6. The molecule has 0 spiro atoms. The number of ether oxygens (including phenoxy) is 2. The summed E-state index contributed by atoms with van der Waals surface area (Å²) in [6.45, 7) is 13.9. The second-order valence-corrected chi connectivity index (χ2v) is 15.3. The maximum atomic E-state index is 14.1. The summed E-state index contributed by atoms with van der Waals surface area (Å²) >= 11 is 0. The minimum Gasteiger partial charge on any atom is -0.461 e. The van der Waals surface area contributed by atoms with E-state index in [1.54, 1.807) is 0 Å². The summed E-state index contributed by atoms with van der Waals surface area (Å²) in [5.74, 6) is 1.34. The third-order valence-corrected chi connectivity index (χ3v) is 12.5. The summed E-state index contributed by atoms with van der Waals surface area (Å²) in [4.78, 5) is 30.0. The molecule has 1 unspecified atom stereocenters. The highest BCUT2D eigenvalue weighted by atomic mass is 16.5. The molecule has 6 nitrogen and oxygen atoms in total. The van der Waals surface area contributed by atoms with Gasteiger partial charge in [-0.2, -0.15) is 0 Å². The molecule has 0 amide bonds. The molecule has 1 N–H and O–H groups in total. The molecule has 3 aromatic carbocycles. The number of hydrogen-bond acceptors (Lipinski definition) is 6. The molecular weight excluding hydrogens is 598 g/mol. The summed E-state index contributed by atoms with van der Waals surface area (Å²) in [7, 11) is 0. The number of nitrogens with zero attached hydrogens (tertiary/aromatic N) is 1. The maximum absolute atomic E-state index is 14.1. The van der Waals surface area contributed by atoms with Gasteiger partial charge in [-0.15, -0.1) is 6.58 Å². The molecule has 2 bridgehead atoms. The molecule has 3 saturated carbocycles. The number of para-hydroxylation sites is 1. The molecule has 3 aliphatic rings. The molecule has 6 rings (SSSR count). The van der Waals surface area contributed by atoms with Crippen molar-refractivity contribution in [1.29, 1.82) is 0 Å². The van der Waals surface area contributed by atoms with E-state index in [2.05, 4.69) is 44.4 Å². The Labute approximate surface area is 286 Å². The van der Waals surface area contributed by atoms with Gasteiger partial charge in [0.2, 0.25) is 0 Å². The molecule has 48 heavy (non-hydrogen) atoms. The van der Waals surface area contributed by atoms with Crippen LogP contribution < -0.4 is 4.74 Å². The van der Waals surface area contributed by atoms with E-state index < -0.39 is 23.0 Å². The number of benzene rings is 3. The molecule has 0 aliphatic heterocycles. The van der Waals surface area contributed by atoms with Gasteiger partial charge in [0, 0.05) is 36.3 Å². The van der Waals surface area contributed by atoms with E-state index in [-0.39, 0.29) is 41.5 Å². The average molecular weight is 650 g/mol. The summed E-state index contributed by atoms with van der Waals surface area (Å²) in [6, 6.07) is 27.8. The van der Waals surface area contributed by atoms with Crippen molar-refractivity contribution in [3.05, 3.63) is 109 Å². The van der Waals surface area contributed by atoms with Gasteiger partial charge in [-0.25, -0.2) is 0 Å². The first kappa shape index (κ1) is 34.1. The Bertz CT molecular complexity index is 1590. The van der Waals surface area contributed by atoms with Crippen molar-refractivity contribution in [3.8, 4) is 11.5 Å². The van der Waals surface area contributed by atoms with E-state index in [1.165, 1.54) is 0 Å². The molecular formula is C42H51NO5. The number of ketones is 1. The van der Waals surface area contributed by atoms with Crippen molar-refractivity contribution in [2.75, 3.05) is 6.54 Å². The van der Waals surface area contributed by atoms with Gasteiger partial charge < -0.3 is 14.6 Å². The number of hydrogen-bond donors (Lipinski definition) is 1. The van der Waals surface area contributed by atoms with E-state index in [0.29, 0.717) is 25.9 Å². The predicted octanol–water partition coefficient (Wildman–Crippen LogP) is 8.39. The van der Waals surface area contributed by atoms with E-state index in [9.17, 15) is 14.7 Å². The number of carbonyl (C=O) groups excluding carboxylic acids is 2. The van der Waals surface area contributed by atoms with Crippen molar-refractivity contribution in [1.82, 2.24) is 4.90 Å². The normalized spacial score (nSPS) is 33.0. The van der Waals surface area contributed by atoms with Crippen molar-refractivity contribution in [3.63, 3.8) is 0 Å². The largest absolute Gasteiger partial charge is 0.461 e. The van der Waals surface area contributed by atoms with Gasteiger partial charge in [-0.3, -0.25) is 14.5 Å². The van der Waals surface area contributed by atoms with Gasteiger partial charge in [0.05, 0.1) is 12.6 Å². The monoisotopic (exact) mass is 649 g/mol. The minimum absolute atomic E-state index is 0.0636. The zero-order chi connectivity index (χ0) is 34.1. The Morgan fingerprint density at radius 1 is 0.917 bits per heavy atom. The Hall–Kier alpha value is -3.74. The van der Waals surface area contributed by atoms with E-state index >= 15 is 0 Å². The van der Waals surface area contributed by atoms with Crippen LogP contribution in [0, 0.1) is 34.0 Å². The van der Waals surface area contributed by atoms with Gasteiger partial charge in [-0.05, 0) is 78.3 Å². The molecule has 3 aliphatic carbocycles. The fourth-order valence-corrected chi connectivity index (χ4v) is 9.43. The highest BCUT2D eigenvalue weighted by Crippen LogP contribution is 2.68. The van der Waals surface area contributed by atoms with Crippen molar-refractivity contribution >= 4 is 11.8 Å². The summed E-state index contributed by atoms with van der Waals surface area (Å²) < 4.78 is 12.6. The van der Waals surface area contributed by atoms with Crippen LogP contribution in [0.5, 0.6) is 11.5 Å². The van der Waals surface area contributed by atoms with E-state index in [0.717, 1.165) is 41.9 Å². The Morgan fingerprint density at radius 2 is 1.52 bits per heavy atom. The molecule has 254 valence electrons. The maximum Gasteiger partial charge on any atom is 0.320 e. The quantitative estimate of drug-likeness (QED) is 0.176. The number of aliphatic hydroxyl groups is 1. The van der Waals surface area contributed by atoms with Crippen LogP contribution in [0.15, 0.2) is 97.6 Å². The van der Waals surface area contributed by atoms with E-state index in [4.69, 9.17) is 9.47 Å². The van der Waals surface area contributed by atoms with E-state index in [1.807, 2.05) is 85.8 Å². The Kier molecular flexibility index (Phi) is 9.70. The molecule has 6 heteroatoms. The molecule has 3 aromatic rings. The SMILES string of the molecule is C=C[C@]1(C)C[C@@H](OC(=O)CN(Cc2ccccc2)Cc2ccc(Oc3ccccc3)cc2)[C@@]2(C)C3C(=O)CC[C@@]3(CC[C@H]2C)[C@@H](C)[C@@H]1O. The summed E-state index contributed by atoms with van der Waals surface area (Å²) in [6.07, 6.45) is 4.21. The zero-order valence-corrected chi connectivity index (χ0v) is 28.9. The first-order chi connectivity index (χ1) is 23.0. The lowest BCUT2D eigenvalue weighted by atomic mass is 9.44. The summed E-state index contributed by atoms with van der Waals surface area (Å²) in [5.41, 5.74) is 0.642. The van der Waals surface area contributed by atoms with Crippen LogP contribution in [0.4, 0.5) is 0 Å². The smallest absolute Gasteiger partial charge is 0.320 e. The van der Waals surface area contributed by atoms with Gasteiger partial charge in [-0.1, -0.05) is 94.4 Å². The lowest BCUT2D eigenvalue weighted by molar-refractivity contribution is -0.207. The van der Waals surface area contributed by atoms with Crippen molar-refractivity contribution < 1.29 is 24.2 Å². The molecule has 3 fully saturated rings. The molecule has 0 heterocycles. The topological polar surface area (TPSA) is 76.1 Å². The average Bonchev–Trinajstić information content (AvgIpc) is 3.44. The van der Waals surface area contributed by atoms with Crippen LogP contribution >= 0.6 is 0 Å². The standard InChI is InChI=1S/C42H51NO5/c1-6-40(4)25-36(41(5)29(2)21-23-42(30(3)39(40)46)24-22-35(44)38(41)42)48-37(45)28-43(26-31-13-9-7-10-14-31)27-32-17-19-34(20-18-32)47-33-15-11-8-12-16-33/h6-20,29-30,36,38-39,46H,1,21-28H2,2-5H3/t29-,30+,36-,38?,39+,40-,41+,42+/m1/s1. The first-order valence-corrected chi connectivity index (χ1v) is 17.6. The van der Waals surface area contributed by atoms with Crippen LogP contribution in [0.1, 0.15) is 70.9 Å². The van der Waals surface area contributed by atoms with Crippen LogP contribution in [0.25, 0.3) is 0 Å². The Balaban J connectivity index is 1.26. The molecule has 0 saturated heterocycles. The highest BCUT2D eigenvalue weighted by Gasteiger charge is 2.68. The number of aliphatic hydroxyl groups excluding tert-OH is 1. The lowest BCUT2D eigenvalue weighted by Crippen LogP contribution is -2.63. The predicted molar refractivity (Wildman–Crippen MR) is 188 cm³/mol. The minimum atomic E-state index is -0.689.